The van der Waals surface area contributed by atoms with Gasteiger partial charge in [-0.25, -0.2) is 15.0 Å². The maximum Gasteiger partial charge on any atom is 0.243 e. The van der Waals surface area contributed by atoms with Crippen LogP contribution in [0, 0.1) is 5.92 Å². The van der Waals surface area contributed by atoms with Crippen LogP contribution >= 0.6 is 0 Å². The lowest BCUT2D eigenvalue weighted by molar-refractivity contribution is -0.154. The molecule has 0 aromatic carbocycles. The molecule has 0 radical (unpaired) electrons. The van der Waals surface area contributed by atoms with Crippen LogP contribution in [0.25, 0.3) is 0 Å². The van der Waals surface area contributed by atoms with Gasteiger partial charge in [-0.3, -0.25) is 25.6 Å². The zero-order chi connectivity index (χ0) is 20.4. The second-order valence-corrected chi connectivity index (χ2v) is 7.09. The molecule has 2 amide bonds. The van der Waals surface area contributed by atoms with Crippen LogP contribution in [0.15, 0.2) is 12.4 Å². The van der Waals surface area contributed by atoms with Crippen LogP contribution < -0.4 is 15.8 Å². The second-order valence-electron chi connectivity index (χ2n) is 7.09. The van der Waals surface area contributed by atoms with Gasteiger partial charge in [0, 0.05) is 32.2 Å². The van der Waals surface area contributed by atoms with Gasteiger partial charge in [-0.1, -0.05) is 26.2 Å². The van der Waals surface area contributed by atoms with E-state index in [9.17, 15) is 14.8 Å². The number of carbonyl (C=O) groups excluding carboxylic acids is 2. The lowest BCUT2D eigenvalue weighted by atomic mass is 10.0. The van der Waals surface area contributed by atoms with E-state index < -0.39 is 5.92 Å². The summed E-state index contributed by atoms with van der Waals surface area (Å²) in [7, 11) is 2.09. The molecule has 0 aliphatic carbocycles. The van der Waals surface area contributed by atoms with Crippen LogP contribution in [-0.2, 0) is 9.59 Å². The first-order valence-electron chi connectivity index (χ1n) is 9.75. The Morgan fingerprint density at radius 1 is 1.32 bits per heavy atom. The van der Waals surface area contributed by atoms with Crippen molar-refractivity contribution in [1.29, 1.82) is 0 Å². The Morgan fingerprint density at radius 3 is 2.75 bits per heavy atom. The van der Waals surface area contributed by atoms with Crippen molar-refractivity contribution in [2.75, 3.05) is 50.1 Å². The maximum atomic E-state index is 12.5. The summed E-state index contributed by atoms with van der Waals surface area (Å²) in [6.07, 6.45) is 5.22. The molecule has 2 rings (SSSR count). The number of hydrogen-bond acceptors (Lipinski definition) is 8. The van der Waals surface area contributed by atoms with Crippen LogP contribution in [0.3, 0.4) is 0 Å². The molecule has 3 N–H and O–H groups in total. The van der Waals surface area contributed by atoms with Crippen molar-refractivity contribution in [3.63, 3.8) is 0 Å². The van der Waals surface area contributed by atoms with Crippen molar-refractivity contribution >= 4 is 24.0 Å². The van der Waals surface area contributed by atoms with Gasteiger partial charge in [0.15, 0.2) is 0 Å². The number of rotatable bonds is 11. The zero-order valence-electron chi connectivity index (χ0n) is 16.7. The lowest BCUT2D eigenvalue weighted by Crippen LogP contribution is -2.45. The summed E-state index contributed by atoms with van der Waals surface area (Å²) in [5.74, 6) is 0.493. The summed E-state index contributed by atoms with van der Waals surface area (Å²) >= 11 is 0. The molecule has 0 spiro atoms. The van der Waals surface area contributed by atoms with Crippen LogP contribution in [0.4, 0.5) is 11.6 Å². The minimum absolute atomic E-state index is 0.0446. The van der Waals surface area contributed by atoms with E-state index in [0.717, 1.165) is 51.3 Å². The highest BCUT2D eigenvalue weighted by Gasteiger charge is 2.21. The minimum atomic E-state index is -0.506. The normalized spacial score (nSPS) is 15.8. The van der Waals surface area contributed by atoms with Crippen molar-refractivity contribution < 1.29 is 14.8 Å². The molecule has 1 aromatic rings. The van der Waals surface area contributed by atoms with Gasteiger partial charge in [0.05, 0.1) is 12.5 Å². The quantitative estimate of drug-likeness (QED) is 0.218. The molecule has 2 heterocycles. The molecule has 1 aliphatic rings. The number of hydroxylamine groups is 2. The Morgan fingerprint density at radius 2 is 2.07 bits per heavy atom. The van der Waals surface area contributed by atoms with E-state index in [1.165, 1.54) is 6.33 Å². The standard InChI is InChI=1S/C18H31N7O3/c1-3-4-5-6-15(12-25(28)14-26)18(27)22-21-16-11-17(20-13-19-16)24-9-7-23(2)8-10-24/h11,13-15,28H,3-10,12H2,1-2H3,(H,22,27)(H,19,20,21)/t15-/m1/s1. The highest BCUT2D eigenvalue weighted by Crippen LogP contribution is 2.16. The van der Waals surface area contributed by atoms with Crippen molar-refractivity contribution in [2.45, 2.75) is 32.6 Å². The summed E-state index contributed by atoms with van der Waals surface area (Å²) in [5, 5.41) is 9.96. The third-order valence-electron chi connectivity index (χ3n) is 4.85. The molecule has 1 atom stereocenters. The zero-order valence-corrected chi connectivity index (χ0v) is 16.7. The predicted molar refractivity (Wildman–Crippen MR) is 106 cm³/mol. The Hall–Kier alpha value is -2.46. The molecular formula is C18H31N7O3. The highest BCUT2D eigenvalue weighted by atomic mass is 16.5. The number of likely N-dealkylation sites (N-methyl/N-ethyl adjacent to an activating group) is 1. The van der Waals surface area contributed by atoms with Gasteiger partial charge in [0.1, 0.15) is 18.0 Å². The second kappa shape index (κ2) is 11.4. The van der Waals surface area contributed by atoms with E-state index in [1.807, 2.05) is 0 Å². The van der Waals surface area contributed by atoms with Crippen molar-refractivity contribution in [2.24, 2.45) is 5.92 Å². The maximum absolute atomic E-state index is 12.5. The Labute approximate surface area is 165 Å². The SMILES string of the molecule is CCCCC[C@H](CN(O)C=O)C(=O)NNc1cc(N2CCN(C)CC2)ncn1. The molecule has 156 valence electrons. The van der Waals surface area contributed by atoms with E-state index in [2.05, 4.69) is 44.6 Å². The van der Waals surface area contributed by atoms with Gasteiger partial charge in [0.2, 0.25) is 12.3 Å². The van der Waals surface area contributed by atoms with Gasteiger partial charge >= 0.3 is 0 Å². The van der Waals surface area contributed by atoms with Gasteiger partial charge in [-0.05, 0) is 13.5 Å². The Kier molecular flexibility index (Phi) is 8.89. The third-order valence-corrected chi connectivity index (χ3v) is 4.85. The van der Waals surface area contributed by atoms with Gasteiger partial charge in [0.25, 0.3) is 0 Å². The van der Waals surface area contributed by atoms with E-state index in [0.29, 0.717) is 23.7 Å². The summed E-state index contributed by atoms with van der Waals surface area (Å²) < 4.78 is 0. The fourth-order valence-corrected chi connectivity index (χ4v) is 3.07. The number of aromatic nitrogens is 2. The van der Waals surface area contributed by atoms with Crippen molar-refractivity contribution in [3.8, 4) is 0 Å². The summed E-state index contributed by atoms with van der Waals surface area (Å²) in [6, 6.07) is 1.79. The average Bonchev–Trinajstić information content (AvgIpc) is 2.72. The van der Waals surface area contributed by atoms with Crippen LogP contribution in [0.2, 0.25) is 0 Å². The number of nitrogens with one attached hydrogen (secondary N) is 2. The lowest BCUT2D eigenvalue weighted by Gasteiger charge is -2.33. The summed E-state index contributed by atoms with van der Waals surface area (Å²) in [6.45, 7) is 5.74. The molecule has 1 aliphatic heterocycles. The van der Waals surface area contributed by atoms with Crippen molar-refractivity contribution in [1.82, 2.24) is 25.4 Å². The van der Waals surface area contributed by atoms with Crippen molar-refractivity contribution in [3.05, 3.63) is 12.4 Å². The van der Waals surface area contributed by atoms with E-state index >= 15 is 0 Å². The smallest absolute Gasteiger partial charge is 0.243 e. The van der Waals surface area contributed by atoms with E-state index in [-0.39, 0.29) is 12.5 Å². The highest BCUT2D eigenvalue weighted by molar-refractivity contribution is 5.80. The van der Waals surface area contributed by atoms with Gasteiger partial charge in [-0.15, -0.1) is 0 Å². The number of anilines is 2. The number of nitrogens with zero attached hydrogens (tertiary/aromatic N) is 5. The largest absolute Gasteiger partial charge is 0.354 e. The van der Waals surface area contributed by atoms with Crippen LogP contribution in [0.1, 0.15) is 32.6 Å². The van der Waals surface area contributed by atoms with Crippen LogP contribution in [0.5, 0.6) is 0 Å². The number of amides is 2. The number of hydrogen-bond donors (Lipinski definition) is 3. The minimum Gasteiger partial charge on any atom is -0.354 e. The first kappa shape index (κ1) is 21.8. The first-order valence-corrected chi connectivity index (χ1v) is 9.75. The molecule has 10 nitrogen and oxygen atoms in total. The molecule has 0 unspecified atom stereocenters. The number of piperazine rings is 1. The average molecular weight is 393 g/mol. The molecule has 1 saturated heterocycles. The Bertz CT molecular complexity index is 623. The Balaban J connectivity index is 1.91. The van der Waals surface area contributed by atoms with Gasteiger partial charge in [-0.2, -0.15) is 0 Å². The van der Waals surface area contributed by atoms with Crippen LogP contribution in [-0.4, -0.2) is 77.2 Å². The fourth-order valence-electron chi connectivity index (χ4n) is 3.07. The summed E-state index contributed by atoms with van der Waals surface area (Å²) in [4.78, 5) is 36.1. The first-order chi connectivity index (χ1) is 13.5. The number of hydrazine groups is 1. The van der Waals surface area contributed by atoms with Gasteiger partial charge < -0.3 is 9.80 Å². The molecular weight excluding hydrogens is 362 g/mol. The molecule has 10 heteroatoms. The predicted octanol–water partition coefficient (Wildman–Crippen LogP) is 0.716. The van der Waals surface area contributed by atoms with E-state index in [1.54, 1.807) is 6.07 Å². The third kappa shape index (κ3) is 6.93. The van der Waals surface area contributed by atoms with E-state index in [4.69, 9.17) is 0 Å². The molecule has 1 aromatic heterocycles. The topological polar surface area (TPSA) is 114 Å². The molecule has 28 heavy (non-hydrogen) atoms. The number of unbranched alkanes of at least 4 members (excludes halogenated alkanes) is 2. The summed E-state index contributed by atoms with van der Waals surface area (Å²) in [5.41, 5.74) is 5.45. The molecule has 1 fully saturated rings. The molecule has 0 bridgehead atoms. The molecule has 0 saturated carbocycles. The monoisotopic (exact) mass is 393 g/mol. The number of carbonyl (C=O) groups is 2. The fraction of sp³-hybridized carbons (Fsp3) is 0.667.